The molecule has 0 heterocycles. The molecule has 1 aromatic rings. The van der Waals surface area contributed by atoms with Crippen molar-refractivity contribution in [3.8, 4) is 0 Å². The van der Waals surface area contributed by atoms with Gasteiger partial charge in [0.15, 0.2) is 0 Å². The van der Waals surface area contributed by atoms with Crippen LogP contribution in [0.4, 0.5) is 4.79 Å². The number of carbonyl (C=O) groups excluding carboxylic acids is 1. The van der Waals surface area contributed by atoms with Gasteiger partial charge in [-0.1, -0.05) is 49.6 Å². The minimum absolute atomic E-state index is 0.376. The molecule has 0 unspecified atom stereocenters. The van der Waals surface area contributed by atoms with E-state index in [1.54, 1.807) is 0 Å². The molecule has 0 saturated heterocycles. The lowest BCUT2D eigenvalue weighted by Gasteiger charge is -2.28. The summed E-state index contributed by atoms with van der Waals surface area (Å²) in [6.07, 6.45) is 5.15. The lowest BCUT2D eigenvalue weighted by molar-refractivity contribution is 0.00112. The van der Waals surface area contributed by atoms with Crippen LogP contribution < -0.4 is 10.6 Å². The van der Waals surface area contributed by atoms with Crippen molar-refractivity contribution < 1.29 is 14.6 Å². The zero-order valence-corrected chi connectivity index (χ0v) is 17.0. The van der Waals surface area contributed by atoms with Crippen molar-refractivity contribution in [1.82, 2.24) is 10.6 Å². The number of hydrogen-bond acceptors (Lipinski definition) is 4. The molecule has 0 bridgehead atoms. The molecule has 1 saturated carbocycles. The summed E-state index contributed by atoms with van der Waals surface area (Å²) in [5, 5.41) is 16.9. The molecule has 0 aromatic heterocycles. The van der Waals surface area contributed by atoms with Gasteiger partial charge in [-0.05, 0) is 51.6 Å². The first kappa shape index (κ1) is 21.7. The van der Waals surface area contributed by atoms with Gasteiger partial charge < -0.3 is 20.5 Å². The van der Waals surface area contributed by atoms with Gasteiger partial charge in [0.25, 0.3) is 0 Å². The number of aliphatic hydroxyl groups excluding tert-OH is 1. The third-order valence-electron chi connectivity index (χ3n) is 4.96. The highest BCUT2D eigenvalue weighted by Crippen LogP contribution is 2.22. The summed E-state index contributed by atoms with van der Waals surface area (Å²) in [6.45, 7) is 7.06. The quantitative estimate of drug-likeness (QED) is 0.648. The third kappa shape index (κ3) is 8.76. The van der Waals surface area contributed by atoms with Crippen LogP contribution in [0.1, 0.15) is 58.4 Å². The van der Waals surface area contributed by atoms with Crippen molar-refractivity contribution in [2.75, 3.05) is 13.1 Å². The van der Waals surface area contributed by atoms with Gasteiger partial charge in [-0.2, -0.15) is 0 Å². The Hall–Kier alpha value is -1.59. The second kappa shape index (κ2) is 10.7. The summed E-state index contributed by atoms with van der Waals surface area (Å²) < 4.78 is 5.59. The van der Waals surface area contributed by atoms with Crippen molar-refractivity contribution in [2.45, 2.75) is 77.0 Å². The fourth-order valence-electron chi connectivity index (χ4n) is 3.53. The van der Waals surface area contributed by atoms with Gasteiger partial charge in [-0.3, -0.25) is 0 Å². The fourth-order valence-corrected chi connectivity index (χ4v) is 3.53. The van der Waals surface area contributed by atoms with Crippen LogP contribution in [0.15, 0.2) is 30.3 Å². The van der Waals surface area contributed by atoms with Crippen molar-refractivity contribution in [3.05, 3.63) is 35.9 Å². The Morgan fingerprint density at radius 2 is 1.85 bits per heavy atom. The topological polar surface area (TPSA) is 70.6 Å². The molecule has 1 amide bonds. The molecule has 0 aliphatic heterocycles. The van der Waals surface area contributed by atoms with E-state index in [2.05, 4.69) is 10.6 Å². The lowest BCUT2D eigenvalue weighted by Crippen LogP contribution is -2.47. The normalized spacial score (nSPS) is 17.9. The molecule has 1 fully saturated rings. The van der Waals surface area contributed by atoms with E-state index in [4.69, 9.17) is 4.74 Å². The van der Waals surface area contributed by atoms with E-state index >= 15 is 0 Å². The Labute approximate surface area is 163 Å². The molecular formula is C22H36N2O3. The highest BCUT2D eigenvalue weighted by atomic mass is 16.6. The third-order valence-corrected chi connectivity index (χ3v) is 4.96. The minimum Gasteiger partial charge on any atom is -0.443 e. The first-order chi connectivity index (χ1) is 12.8. The molecule has 0 radical (unpaired) electrons. The summed E-state index contributed by atoms with van der Waals surface area (Å²) in [5.74, 6) is 0.698. The molecule has 5 heteroatoms. The van der Waals surface area contributed by atoms with Gasteiger partial charge in [0, 0.05) is 18.5 Å². The predicted molar refractivity (Wildman–Crippen MR) is 109 cm³/mol. The number of carbonyl (C=O) groups is 1. The summed E-state index contributed by atoms with van der Waals surface area (Å²) in [7, 11) is 0. The van der Waals surface area contributed by atoms with Crippen LogP contribution in [-0.4, -0.2) is 42.0 Å². The summed E-state index contributed by atoms with van der Waals surface area (Å²) in [6, 6.07) is 9.83. The molecule has 1 aliphatic rings. The molecule has 5 nitrogen and oxygen atoms in total. The number of alkyl carbamates (subject to hydrolysis) is 1. The summed E-state index contributed by atoms with van der Waals surface area (Å²) >= 11 is 0. The van der Waals surface area contributed by atoms with Crippen LogP contribution in [0.3, 0.4) is 0 Å². The number of aliphatic hydroxyl groups is 1. The van der Waals surface area contributed by atoms with E-state index in [9.17, 15) is 9.90 Å². The van der Waals surface area contributed by atoms with Gasteiger partial charge >= 0.3 is 6.09 Å². The SMILES string of the molecule is CC(C)(C)NC(=O)O[C@@H](Cc1ccccc1)[C@H](O)CNCC1CCCCC1. The number of hydrogen-bond donors (Lipinski definition) is 3. The maximum Gasteiger partial charge on any atom is 0.407 e. The van der Waals surface area contributed by atoms with Crippen molar-refractivity contribution >= 4 is 6.09 Å². The smallest absolute Gasteiger partial charge is 0.407 e. The molecule has 3 N–H and O–H groups in total. The van der Waals surface area contributed by atoms with Crippen LogP contribution in [0, 0.1) is 5.92 Å². The van der Waals surface area contributed by atoms with E-state index in [1.807, 2.05) is 51.1 Å². The number of ether oxygens (including phenoxy) is 1. The monoisotopic (exact) mass is 376 g/mol. The number of benzene rings is 1. The van der Waals surface area contributed by atoms with Gasteiger partial charge in [-0.15, -0.1) is 0 Å². The van der Waals surface area contributed by atoms with Crippen LogP contribution >= 0.6 is 0 Å². The Bertz CT molecular complexity index is 550. The van der Waals surface area contributed by atoms with Gasteiger partial charge in [0.2, 0.25) is 0 Å². The van der Waals surface area contributed by atoms with Gasteiger partial charge in [-0.25, -0.2) is 4.79 Å². The largest absolute Gasteiger partial charge is 0.443 e. The van der Waals surface area contributed by atoms with Crippen molar-refractivity contribution in [2.24, 2.45) is 5.92 Å². The molecule has 2 atom stereocenters. The zero-order chi connectivity index (χ0) is 19.7. The van der Waals surface area contributed by atoms with E-state index in [1.165, 1.54) is 32.1 Å². The van der Waals surface area contributed by atoms with E-state index in [-0.39, 0.29) is 5.54 Å². The van der Waals surface area contributed by atoms with E-state index in [0.717, 1.165) is 12.1 Å². The molecule has 1 aliphatic carbocycles. The molecule has 2 rings (SSSR count). The van der Waals surface area contributed by atoms with Gasteiger partial charge in [0.05, 0.1) is 0 Å². The van der Waals surface area contributed by atoms with E-state index < -0.39 is 18.3 Å². The Kier molecular flexibility index (Phi) is 8.58. The van der Waals surface area contributed by atoms with Crippen LogP contribution in [-0.2, 0) is 11.2 Å². The zero-order valence-electron chi connectivity index (χ0n) is 17.0. The maximum absolute atomic E-state index is 12.2. The van der Waals surface area contributed by atoms with Crippen LogP contribution in [0.5, 0.6) is 0 Å². The van der Waals surface area contributed by atoms with Crippen molar-refractivity contribution in [3.63, 3.8) is 0 Å². The average molecular weight is 377 g/mol. The fraction of sp³-hybridized carbons (Fsp3) is 0.682. The lowest BCUT2D eigenvalue weighted by atomic mass is 9.89. The second-order valence-electron chi connectivity index (χ2n) is 8.74. The first-order valence-corrected chi connectivity index (χ1v) is 10.2. The Morgan fingerprint density at radius 1 is 1.19 bits per heavy atom. The highest BCUT2D eigenvalue weighted by Gasteiger charge is 2.26. The predicted octanol–water partition coefficient (Wildman–Crippen LogP) is 3.65. The van der Waals surface area contributed by atoms with Crippen LogP contribution in [0.25, 0.3) is 0 Å². The van der Waals surface area contributed by atoms with Crippen LogP contribution in [0.2, 0.25) is 0 Å². The molecule has 152 valence electrons. The second-order valence-corrected chi connectivity index (χ2v) is 8.74. The molecule has 0 spiro atoms. The Balaban J connectivity index is 1.89. The minimum atomic E-state index is -0.750. The Morgan fingerprint density at radius 3 is 2.48 bits per heavy atom. The summed E-state index contributed by atoms with van der Waals surface area (Å²) in [5.41, 5.74) is 0.663. The van der Waals surface area contributed by atoms with Gasteiger partial charge in [0.1, 0.15) is 12.2 Å². The standard InChI is InChI=1S/C22H36N2O3/c1-22(2,3)24-21(26)27-20(14-17-10-6-4-7-11-17)19(25)16-23-15-18-12-8-5-9-13-18/h4,6-7,10-11,18-20,23,25H,5,8-9,12-16H2,1-3H3,(H,24,26)/t19-,20+/m1/s1. The summed E-state index contributed by atoms with van der Waals surface area (Å²) in [4.78, 5) is 12.2. The molecule has 27 heavy (non-hydrogen) atoms. The molecule has 1 aromatic carbocycles. The average Bonchev–Trinajstić information content (AvgIpc) is 2.61. The number of amides is 1. The van der Waals surface area contributed by atoms with E-state index in [0.29, 0.717) is 18.9 Å². The number of rotatable bonds is 8. The first-order valence-electron chi connectivity index (χ1n) is 10.2. The number of nitrogens with one attached hydrogen (secondary N) is 2. The molecular weight excluding hydrogens is 340 g/mol. The van der Waals surface area contributed by atoms with Crippen molar-refractivity contribution in [1.29, 1.82) is 0 Å². The highest BCUT2D eigenvalue weighted by molar-refractivity contribution is 5.68. The maximum atomic E-state index is 12.2.